The van der Waals surface area contributed by atoms with Crippen LogP contribution >= 0.6 is 11.3 Å². The van der Waals surface area contributed by atoms with Crippen LogP contribution in [0.2, 0.25) is 0 Å². The second-order valence-electron chi connectivity index (χ2n) is 22.4. The first-order chi connectivity index (χ1) is 35.5. The van der Waals surface area contributed by atoms with Gasteiger partial charge in [0, 0.05) is 53.5 Å². The van der Waals surface area contributed by atoms with Gasteiger partial charge in [-0.2, -0.15) is 0 Å². The van der Waals surface area contributed by atoms with Gasteiger partial charge in [0.05, 0.1) is 0 Å². The molecule has 0 saturated heterocycles. The van der Waals surface area contributed by atoms with Crippen LogP contribution in [-0.4, -0.2) is 0 Å². The predicted octanol–water partition coefficient (Wildman–Crippen LogP) is 20.1. The molecule has 0 aliphatic heterocycles. The lowest BCUT2D eigenvalue weighted by Crippen LogP contribution is -2.19. The highest BCUT2D eigenvalue weighted by Crippen LogP contribution is 2.56. The summed E-state index contributed by atoms with van der Waals surface area (Å²) in [6.07, 6.45) is 0. The summed E-state index contributed by atoms with van der Waals surface area (Å²) in [6, 6.07) is 81.0. The Kier molecular flexibility index (Phi) is 8.76. The Labute approximate surface area is 431 Å². The molecule has 0 saturated carbocycles. The van der Waals surface area contributed by atoms with Crippen LogP contribution in [0.25, 0.3) is 97.4 Å². The Morgan fingerprint density at radius 1 is 0.274 bits per heavy atom. The van der Waals surface area contributed by atoms with Crippen molar-refractivity contribution in [1.82, 2.24) is 0 Å². The molecule has 0 bridgehead atoms. The Morgan fingerprint density at radius 3 is 1.11 bits per heavy atom. The first kappa shape index (κ1) is 42.6. The fraction of sp³-hybridized carbons (Fsp3) is 0.127. The van der Waals surface area contributed by atoms with E-state index in [-0.39, 0.29) is 16.2 Å². The summed E-state index contributed by atoms with van der Waals surface area (Å²) in [5.41, 5.74) is 24.3. The van der Waals surface area contributed by atoms with E-state index >= 15 is 0 Å². The number of hydrogen-bond donors (Lipinski definition) is 0. The molecule has 348 valence electrons. The highest BCUT2D eigenvalue weighted by Gasteiger charge is 2.40. The summed E-state index contributed by atoms with van der Waals surface area (Å²) in [7, 11) is 0. The van der Waals surface area contributed by atoms with Gasteiger partial charge in [0.25, 0.3) is 0 Å². The maximum atomic E-state index is 2.53. The summed E-state index contributed by atoms with van der Waals surface area (Å²) in [4.78, 5) is 2.53. The fourth-order valence-corrected chi connectivity index (χ4v) is 14.8. The minimum Gasteiger partial charge on any atom is -0.310 e. The van der Waals surface area contributed by atoms with Gasteiger partial charge < -0.3 is 4.90 Å². The Morgan fingerprint density at radius 2 is 0.616 bits per heavy atom. The van der Waals surface area contributed by atoms with Crippen LogP contribution in [0.3, 0.4) is 0 Å². The highest BCUT2D eigenvalue weighted by atomic mass is 32.1. The summed E-state index contributed by atoms with van der Waals surface area (Å²) < 4.78 is 2.66. The molecule has 0 N–H and O–H groups in total. The van der Waals surface area contributed by atoms with Gasteiger partial charge in [-0.25, -0.2) is 0 Å². The van der Waals surface area contributed by atoms with Crippen LogP contribution in [-0.2, 0) is 16.2 Å². The number of hydrogen-bond acceptors (Lipinski definition) is 2. The molecule has 1 aromatic heterocycles. The topological polar surface area (TPSA) is 3.24 Å². The van der Waals surface area contributed by atoms with Crippen LogP contribution < -0.4 is 4.90 Å². The van der Waals surface area contributed by atoms with E-state index in [4.69, 9.17) is 0 Å². The second-order valence-corrected chi connectivity index (χ2v) is 23.5. The standard InChI is InChI=1S/C71H53NS/c1-69(2)59-24-14-11-17-47(59)50-33-29-44(39-62(50)69)72(45-30-34-51-48-18-12-15-25-60(48)70(3,4)63(51)40-45)46-31-35-52-49-32-27-43(38-61(49)71(5,6)64(52)41-46)68-56-22-9-7-20-54(56)67(55-21-8-10-23-57(55)68)42-28-36-66-58(37-42)53-19-13-16-26-65(53)73-66/h7-41H,1-6H3. The third-order valence-corrected chi connectivity index (χ3v) is 18.6. The van der Waals surface area contributed by atoms with Crippen molar-refractivity contribution in [3.05, 3.63) is 246 Å². The van der Waals surface area contributed by atoms with Gasteiger partial charge in [0.1, 0.15) is 0 Å². The van der Waals surface area contributed by atoms with Crippen LogP contribution in [0.1, 0.15) is 74.9 Å². The van der Waals surface area contributed by atoms with Crippen molar-refractivity contribution in [3.63, 3.8) is 0 Å². The van der Waals surface area contributed by atoms with Crippen LogP contribution in [0.15, 0.2) is 212 Å². The van der Waals surface area contributed by atoms with E-state index in [2.05, 4.69) is 259 Å². The molecule has 0 spiro atoms. The number of benzene rings is 11. The minimum atomic E-state index is -0.268. The largest absolute Gasteiger partial charge is 0.310 e. The zero-order valence-corrected chi connectivity index (χ0v) is 42.9. The van der Waals surface area contributed by atoms with E-state index in [1.807, 2.05) is 11.3 Å². The Balaban J connectivity index is 0.876. The first-order valence-corrected chi connectivity index (χ1v) is 26.7. The molecule has 11 aromatic carbocycles. The first-order valence-electron chi connectivity index (χ1n) is 25.9. The van der Waals surface area contributed by atoms with Crippen molar-refractivity contribution in [2.24, 2.45) is 0 Å². The molecular formula is C71H53NS. The molecule has 12 aromatic rings. The van der Waals surface area contributed by atoms with E-state index in [1.54, 1.807) is 0 Å². The van der Waals surface area contributed by atoms with E-state index < -0.39 is 0 Å². The quantitative estimate of drug-likeness (QED) is 0.155. The van der Waals surface area contributed by atoms with Crippen molar-refractivity contribution in [2.75, 3.05) is 4.90 Å². The van der Waals surface area contributed by atoms with Crippen LogP contribution in [0.4, 0.5) is 17.1 Å². The van der Waals surface area contributed by atoms with E-state index in [1.165, 1.54) is 148 Å². The van der Waals surface area contributed by atoms with Gasteiger partial charge in [0.15, 0.2) is 0 Å². The van der Waals surface area contributed by atoms with Crippen LogP contribution in [0.5, 0.6) is 0 Å². The molecule has 0 amide bonds. The molecule has 0 fully saturated rings. The smallest absolute Gasteiger partial charge is 0.0465 e. The van der Waals surface area contributed by atoms with Crippen molar-refractivity contribution >= 4 is 70.1 Å². The summed E-state index contributed by atoms with van der Waals surface area (Å²) in [5, 5.41) is 7.76. The highest BCUT2D eigenvalue weighted by molar-refractivity contribution is 7.25. The third kappa shape index (κ3) is 5.90. The Hall–Kier alpha value is -8.04. The predicted molar refractivity (Wildman–Crippen MR) is 313 cm³/mol. The lowest BCUT2D eigenvalue weighted by molar-refractivity contribution is 0.659. The average molecular weight is 952 g/mol. The molecule has 0 radical (unpaired) electrons. The van der Waals surface area contributed by atoms with Gasteiger partial charge >= 0.3 is 0 Å². The van der Waals surface area contributed by atoms with Crippen molar-refractivity contribution in [2.45, 2.75) is 57.8 Å². The fourth-order valence-electron chi connectivity index (χ4n) is 13.8. The van der Waals surface area contributed by atoms with E-state index in [0.29, 0.717) is 0 Å². The van der Waals surface area contributed by atoms with Crippen molar-refractivity contribution < 1.29 is 0 Å². The molecule has 3 aliphatic rings. The average Bonchev–Trinajstić information content (AvgIpc) is 4.06. The van der Waals surface area contributed by atoms with Gasteiger partial charge in [0.2, 0.25) is 0 Å². The Bertz CT molecular complexity index is 4200. The molecule has 1 nitrogen and oxygen atoms in total. The number of anilines is 3. The van der Waals surface area contributed by atoms with E-state index in [0.717, 1.165) is 0 Å². The lowest BCUT2D eigenvalue weighted by Gasteiger charge is -2.31. The number of thiophene rings is 1. The molecule has 0 atom stereocenters. The van der Waals surface area contributed by atoms with Gasteiger partial charge in [-0.05, 0) is 171 Å². The lowest BCUT2D eigenvalue weighted by atomic mass is 9.80. The summed E-state index contributed by atoms with van der Waals surface area (Å²) in [5.74, 6) is 0. The molecule has 1 heterocycles. The SMILES string of the molecule is CC1(C)c2ccccc2-c2ccc(N(c3ccc4c(c3)C(C)(C)c3ccccc3-4)c3ccc4c(c3)C(C)(C)c3cc(-c5c6ccccc6c(-c6ccc7sc8ccccc8c7c6)c6ccccc56)ccc3-4)cc21. The minimum absolute atomic E-state index is 0.126. The second kappa shape index (κ2) is 15.0. The number of rotatable bonds is 5. The van der Waals surface area contributed by atoms with Crippen molar-refractivity contribution in [1.29, 1.82) is 0 Å². The summed E-state index contributed by atoms with van der Waals surface area (Å²) >= 11 is 1.88. The van der Waals surface area contributed by atoms with E-state index in [9.17, 15) is 0 Å². The zero-order valence-electron chi connectivity index (χ0n) is 42.1. The summed E-state index contributed by atoms with van der Waals surface area (Å²) in [6.45, 7) is 14.4. The van der Waals surface area contributed by atoms with Gasteiger partial charge in [-0.1, -0.05) is 193 Å². The third-order valence-electron chi connectivity index (χ3n) is 17.5. The van der Waals surface area contributed by atoms with Gasteiger partial charge in [-0.3, -0.25) is 0 Å². The molecule has 15 rings (SSSR count). The number of fused-ring (bicyclic) bond motifs is 14. The monoisotopic (exact) mass is 951 g/mol. The van der Waals surface area contributed by atoms with Crippen LogP contribution in [0, 0.1) is 0 Å². The van der Waals surface area contributed by atoms with Gasteiger partial charge in [-0.15, -0.1) is 11.3 Å². The molecule has 0 unspecified atom stereocenters. The van der Waals surface area contributed by atoms with Crippen molar-refractivity contribution in [3.8, 4) is 55.6 Å². The normalized spacial score (nSPS) is 15.0. The molecule has 73 heavy (non-hydrogen) atoms. The molecule has 2 heteroatoms. The maximum Gasteiger partial charge on any atom is 0.0465 e. The maximum absolute atomic E-state index is 2.53. The number of nitrogens with zero attached hydrogens (tertiary/aromatic N) is 1. The molecule has 3 aliphatic carbocycles. The zero-order chi connectivity index (χ0) is 49.1. The molecular weight excluding hydrogens is 899 g/mol.